The Morgan fingerprint density at radius 1 is 1.24 bits per heavy atom. The van der Waals surface area contributed by atoms with Crippen molar-refractivity contribution >= 4 is 5.91 Å². The molecule has 1 atom stereocenters. The quantitative estimate of drug-likeness (QED) is 0.828. The van der Waals surface area contributed by atoms with Crippen molar-refractivity contribution in [1.29, 1.82) is 0 Å². The molecule has 1 saturated heterocycles. The summed E-state index contributed by atoms with van der Waals surface area (Å²) in [5.41, 5.74) is -1.03. The minimum atomic E-state index is -4.53. The van der Waals surface area contributed by atoms with Crippen LogP contribution in [0.3, 0.4) is 0 Å². The molecule has 1 aromatic rings. The molecule has 0 aromatic carbocycles. The second-order valence-electron chi connectivity index (χ2n) is 6.80. The van der Waals surface area contributed by atoms with Crippen LogP contribution < -0.4 is 4.74 Å². The summed E-state index contributed by atoms with van der Waals surface area (Å²) >= 11 is 0. The first-order valence-corrected chi connectivity index (χ1v) is 8.76. The molecule has 0 spiro atoms. The molecule has 8 heteroatoms. The third-order valence-corrected chi connectivity index (χ3v) is 4.86. The molecule has 0 radical (unpaired) electrons. The van der Waals surface area contributed by atoms with Crippen LogP contribution >= 0.6 is 0 Å². The van der Waals surface area contributed by atoms with E-state index in [0.29, 0.717) is 31.8 Å². The highest BCUT2D eigenvalue weighted by atomic mass is 19.4. The maximum Gasteiger partial charge on any atom is 0.433 e. The van der Waals surface area contributed by atoms with Crippen LogP contribution in [0, 0.1) is 5.92 Å². The largest absolute Gasteiger partial charge is 0.458 e. The van der Waals surface area contributed by atoms with Crippen molar-refractivity contribution in [2.24, 2.45) is 5.92 Å². The molecule has 1 saturated carbocycles. The number of halogens is 3. The van der Waals surface area contributed by atoms with Crippen molar-refractivity contribution in [1.82, 2.24) is 14.9 Å². The minimum Gasteiger partial charge on any atom is -0.458 e. The van der Waals surface area contributed by atoms with Gasteiger partial charge in [-0.15, -0.1) is 0 Å². The number of piperidine rings is 1. The molecule has 3 rings (SSSR count). The number of hydrogen-bond donors (Lipinski definition) is 0. The molecule has 1 aliphatic carbocycles. The van der Waals surface area contributed by atoms with Gasteiger partial charge in [-0.1, -0.05) is 12.8 Å². The van der Waals surface area contributed by atoms with Gasteiger partial charge in [0.2, 0.25) is 5.91 Å². The monoisotopic (exact) mass is 357 g/mol. The Bertz CT molecular complexity index is 603. The van der Waals surface area contributed by atoms with E-state index >= 15 is 0 Å². The third kappa shape index (κ3) is 4.83. The molecule has 1 aliphatic heterocycles. The van der Waals surface area contributed by atoms with Crippen molar-refractivity contribution < 1.29 is 22.7 Å². The minimum absolute atomic E-state index is 0.116. The first-order valence-electron chi connectivity index (χ1n) is 8.76. The van der Waals surface area contributed by atoms with E-state index in [4.69, 9.17) is 4.74 Å². The number of ether oxygens (including phenoxy) is 1. The number of carbonyl (C=O) groups is 1. The predicted molar refractivity (Wildman–Crippen MR) is 83.8 cm³/mol. The van der Waals surface area contributed by atoms with Crippen LogP contribution in [0.25, 0.3) is 0 Å². The van der Waals surface area contributed by atoms with Gasteiger partial charge in [-0.3, -0.25) is 4.79 Å². The number of likely N-dealkylation sites (tertiary alicyclic amines) is 1. The van der Waals surface area contributed by atoms with Crippen molar-refractivity contribution in [3.05, 3.63) is 18.0 Å². The van der Waals surface area contributed by atoms with Gasteiger partial charge in [0, 0.05) is 19.2 Å². The van der Waals surface area contributed by atoms with E-state index in [1.165, 1.54) is 12.8 Å². The van der Waals surface area contributed by atoms with Crippen LogP contribution in [-0.4, -0.2) is 40.0 Å². The Kier molecular flexibility index (Phi) is 5.44. The maximum absolute atomic E-state index is 12.7. The lowest BCUT2D eigenvalue weighted by Crippen LogP contribution is -2.45. The molecular weight excluding hydrogens is 335 g/mol. The highest BCUT2D eigenvalue weighted by Crippen LogP contribution is 2.30. The first-order chi connectivity index (χ1) is 11.9. The lowest BCUT2D eigenvalue weighted by molar-refractivity contribution is -0.141. The normalized spacial score (nSPS) is 22.2. The molecule has 2 fully saturated rings. The van der Waals surface area contributed by atoms with Crippen molar-refractivity contribution in [3.63, 3.8) is 0 Å². The second-order valence-corrected chi connectivity index (χ2v) is 6.80. The molecule has 0 bridgehead atoms. The Morgan fingerprint density at radius 2 is 2.00 bits per heavy atom. The average Bonchev–Trinajstić information content (AvgIpc) is 3.07. The van der Waals surface area contributed by atoms with E-state index in [9.17, 15) is 18.0 Å². The van der Waals surface area contributed by atoms with Gasteiger partial charge < -0.3 is 9.64 Å². The molecule has 1 unspecified atom stereocenters. The fourth-order valence-electron chi connectivity index (χ4n) is 3.56. The first kappa shape index (κ1) is 17.9. The molecule has 138 valence electrons. The molecule has 1 aromatic heterocycles. The highest BCUT2D eigenvalue weighted by molar-refractivity contribution is 5.76. The Morgan fingerprint density at radius 3 is 2.72 bits per heavy atom. The van der Waals surface area contributed by atoms with Gasteiger partial charge in [0.15, 0.2) is 5.69 Å². The second kappa shape index (κ2) is 7.58. The van der Waals surface area contributed by atoms with Crippen LogP contribution in [-0.2, 0) is 11.0 Å². The smallest absolute Gasteiger partial charge is 0.433 e. The Hall–Kier alpha value is -1.86. The Labute approximate surface area is 144 Å². The molecule has 0 N–H and O–H groups in total. The molecule has 2 aliphatic rings. The fourth-order valence-corrected chi connectivity index (χ4v) is 3.56. The van der Waals surface area contributed by atoms with Gasteiger partial charge in [0.05, 0.1) is 6.54 Å². The zero-order valence-electron chi connectivity index (χ0n) is 14.0. The number of aromatic nitrogens is 2. The summed E-state index contributed by atoms with van der Waals surface area (Å²) in [6.45, 7) is 1.06. The van der Waals surface area contributed by atoms with E-state index in [-0.39, 0.29) is 18.0 Å². The molecule has 2 heterocycles. The van der Waals surface area contributed by atoms with Crippen molar-refractivity contribution in [2.45, 2.75) is 57.2 Å². The number of hydrogen-bond acceptors (Lipinski definition) is 4. The van der Waals surface area contributed by atoms with Crippen LogP contribution in [0.4, 0.5) is 13.2 Å². The summed E-state index contributed by atoms with van der Waals surface area (Å²) in [5, 5.41) is 0. The number of amides is 1. The summed E-state index contributed by atoms with van der Waals surface area (Å²) in [6.07, 6.45) is 2.74. The van der Waals surface area contributed by atoms with E-state index in [1.54, 1.807) is 4.90 Å². The van der Waals surface area contributed by atoms with Gasteiger partial charge in [-0.25, -0.2) is 4.98 Å². The molecular formula is C17H22F3N3O2. The van der Waals surface area contributed by atoms with Crippen LogP contribution in [0.1, 0.15) is 50.6 Å². The van der Waals surface area contributed by atoms with Gasteiger partial charge in [-0.05, 0) is 37.7 Å². The lowest BCUT2D eigenvalue weighted by Gasteiger charge is -2.33. The third-order valence-electron chi connectivity index (χ3n) is 4.86. The van der Waals surface area contributed by atoms with Crippen LogP contribution in [0.5, 0.6) is 6.01 Å². The van der Waals surface area contributed by atoms with Gasteiger partial charge in [-0.2, -0.15) is 18.2 Å². The van der Waals surface area contributed by atoms with E-state index in [1.807, 2.05) is 0 Å². The van der Waals surface area contributed by atoms with Crippen LogP contribution in [0.15, 0.2) is 12.3 Å². The van der Waals surface area contributed by atoms with Gasteiger partial charge in [0.25, 0.3) is 0 Å². The Balaban J connectivity index is 1.57. The lowest BCUT2D eigenvalue weighted by atomic mass is 10.0. The number of rotatable bonds is 4. The van der Waals surface area contributed by atoms with E-state index in [0.717, 1.165) is 31.5 Å². The summed E-state index contributed by atoms with van der Waals surface area (Å²) in [7, 11) is 0. The van der Waals surface area contributed by atoms with E-state index in [2.05, 4.69) is 9.97 Å². The molecule has 25 heavy (non-hydrogen) atoms. The summed E-state index contributed by atoms with van der Waals surface area (Å²) in [5.74, 6) is 0.589. The molecule has 5 nitrogen and oxygen atoms in total. The summed E-state index contributed by atoms with van der Waals surface area (Å²) in [6, 6.07) is 0.524. The predicted octanol–water partition coefficient (Wildman–Crippen LogP) is 3.45. The zero-order valence-corrected chi connectivity index (χ0v) is 14.0. The number of alkyl halides is 3. The summed E-state index contributed by atoms with van der Waals surface area (Å²) < 4.78 is 43.7. The average molecular weight is 357 g/mol. The topological polar surface area (TPSA) is 55.3 Å². The van der Waals surface area contributed by atoms with E-state index < -0.39 is 11.9 Å². The number of carbonyl (C=O) groups excluding carboxylic acids is 1. The van der Waals surface area contributed by atoms with Crippen molar-refractivity contribution in [3.8, 4) is 6.01 Å². The zero-order chi connectivity index (χ0) is 17.9. The SMILES string of the molecule is O=C(CC1CCCC1)N1CCCC(Oc2nccc(C(F)(F)F)n2)C1. The molecule has 1 amide bonds. The highest BCUT2D eigenvalue weighted by Gasteiger charge is 2.33. The maximum atomic E-state index is 12.7. The standard InChI is InChI=1S/C17H22F3N3O2/c18-17(19,20)14-7-8-21-16(22-14)25-13-6-3-9-23(11-13)15(24)10-12-4-1-2-5-12/h7-8,12-13H,1-6,9-11H2. The van der Waals surface area contributed by atoms with Crippen LogP contribution in [0.2, 0.25) is 0 Å². The van der Waals surface area contributed by atoms with Crippen molar-refractivity contribution in [2.75, 3.05) is 13.1 Å². The van der Waals surface area contributed by atoms with Gasteiger partial charge >= 0.3 is 12.2 Å². The number of nitrogens with zero attached hydrogens (tertiary/aromatic N) is 3. The van der Waals surface area contributed by atoms with Gasteiger partial charge in [0.1, 0.15) is 6.10 Å². The summed E-state index contributed by atoms with van der Waals surface area (Å²) in [4.78, 5) is 21.4. The fraction of sp³-hybridized carbons (Fsp3) is 0.706.